The third kappa shape index (κ3) is 4.73. The fraction of sp³-hybridized carbons (Fsp3) is 0. The van der Waals surface area contributed by atoms with E-state index in [-0.39, 0.29) is 21.4 Å². The van der Waals surface area contributed by atoms with Crippen LogP contribution in [0.1, 0.15) is 10.4 Å². The van der Waals surface area contributed by atoms with Crippen molar-refractivity contribution in [2.24, 2.45) is 0 Å². The predicted molar refractivity (Wildman–Crippen MR) is 104 cm³/mol. The van der Waals surface area contributed by atoms with Gasteiger partial charge in [-0.2, -0.15) is 0 Å². The molecule has 0 saturated heterocycles. The highest BCUT2D eigenvalue weighted by molar-refractivity contribution is 7.92. The lowest BCUT2D eigenvalue weighted by Gasteiger charge is -2.09. The smallest absolute Gasteiger partial charge is 0.264 e. The molecule has 0 aliphatic rings. The normalized spacial score (nSPS) is 11.0. The van der Waals surface area contributed by atoms with Gasteiger partial charge in [-0.05, 0) is 48.5 Å². The molecule has 2 aromatic carbocycles. The first-order chi connectivity index (χ1) is 12.8. The number of hydrogen-bond donors (Lipinski definition) is 2. The van der Waals surface area contributed by atoms with E-state index in [1.807, 2.05) is 0 Å². The van der Waals surface area contributed by atoms with Crippen LogP contribution in [0.4, 0.5) is 11.6 Å². The monoisotopic (exact) mass is 422 g/mol. The van der Waals surface area contributed by atoms with Crippen molar-refractivity contribution in [1.29, 1.82) is 0 Å². The van der Waals surface area contributed by atoms with Crippen LogP contribution >= 0.6 is 23.2 Å². The van der Waals surface area contributed by atoms with Gasteiger partial charge in [0, 0.05) is 23.1 Å². The summed E-state index contributed by atoms with van der Waals surface area (Å²) in [4.78, 5) is 19.9. The molecule has 0 bridgehead atoms. The van der Waals surface area contributed by atoms with Crippen molar-refractivity contribution in [3.8, 4) is 0 Å². The Morgan fingerprint density at radius 3 is 2.26 bits per heavy atom. The number of amides is 1. The zero-order valence-electron chi connectivity index (χ0n) is 13.6. The Hall–Kier alpha value is -2.68. The number of hydrogen-bond acceptors (Lipinski definition) is 5. The maximum Gasteiger partial charge on any atom is 0.264 e. The molecule has 0 radical (unpaired) electrons. The Morgan fingerprint density at radius 1 is 0.963 bits per heavy atom. The number of carbonyl (C=O) groups is 1. The Balaban J connectivity index is 1.74. The Kier molecular flexibility index (Phi) is 5.59. The maximum atomic E-state index is 12.3. The highest BCUT2D eigenvalue weighted by Crippen LogP contribution is 2.22. The van der Waals surface area contributed by atoms with Gasteiger partial charge in [-0.3, -0.25) is 4.79 Å². The lowest BCUT2D eigenvalue weighted by molar-refractivity contribution is 0.102. The van der Waals surface area contributed by atoms with Crippen LogP contribution in [0.15, 0.2) is 65.8 Å². The molecular formula is C17H12Cl2N4O3S. The van der Waals surface area contributed by atoms with E-state index in [0.29, 0.717) is 10.7 Å². The Labute approximate surface area is 165 Å². The first-order valence-electron chi connectivity index (χ1n) is 7.51. The molecule has 3 rings (SSSR count). The summed E-state index contributed by atoms with van der Waals surface area (Å²) in [7, 11) is -3.85. The van der Waals surface area contributed by atoms with E-state index in [0.717, 1.165) is 0 Å². The molecule has 0 saturated carbocycles. The summed E-state index contributed by atoms with van der Waals surface area (Å²) in [6.07, 6.45) is 2.84. The Bertz CT molecular complexity index is 1080. The van der Waals surface area contributed by atoms with Crippen molar-refractivity contribution < 1.29 is 13.2 Å². The SMILES string of the molecule is O=C(Nc1ccc(S(=O)(=O)Nc2ncccn2)cc1)c1ccc(Cl)cc1Cl. The van der Waals surface area contributed by atoms with Crippen molar-refractivity contribution in [3.05, 3.63) is 76.5 Å². The van der Waals surface area contributed by atoms with Gasteiger partial charge in [-0.25, -0.2) is 23.1 Å². The van der Waals surface area contributed by atoms with Gasteiger partial charge < -0.3 is 5.32 Å². The van der Waals surface area contributed by atoms with Gasteiger partial charge in [0.25, 0.3) is 15.9 Å². The zero-order chi connectivity index (χ0) is 19.4. The molecular weight excluding hydrogens is 411 g/mol. The number of benzene rings is 2. The molecule has 2 N–H and O–H groups in total. The van der Waals surface area contributed by atoms with Crippen molar-refractivity contribution >= 4 is 50.8 Å². The summed E-state index contributed by atoms with van der Waals surface area (Å²) in [5, 5.41) is 3.27. The summed E-state index contributed by atoms with van der Waals surface area (Å²) in [6.45, 7) is 0. The van der Waals surface area contributed by atoms with E-state index >= 15 is 0 Å². The molecule has 1 heterocycles. The van der Waals surface area contributed by atoms with Crippen LogP contribution in [0.3, 0.4) is 0 Å². The molecule has 0 aliphatic heterocycles. The van der Waals surface area contributed by atoms with E-state index in [1.54, 1.807) is 12.1 Å². The summed E-state index contributed by atoms with van der Waals surface area (Å²) >= 11 is 11.8. The molecule has 0 fully saturated rings. The van der Waals surface area contributed by atoms with Crippen LogP contribution in [0, 0.1) is 0 Å². The third-order valence-electron chi connectivity index (χ3n) is 3.39. The molecule has 0 aliphatic carbocycles. The lowest BCUT2D eigenvalue weighted by atomic mass is 10.2. The fourth-order valence-electron chi connectivity index (χ4n) is 2.12. The maximum absolute atomic E-state index is 12.3. The van der Waals surface area contributed by atoms with Crippen LogP contribution in [-0.4, -0.2) is 24.3 Å². The van der Waals surface area contributed by atoms with Crippen molar-refractivity contribution in [3.63, 3.8) is 0 Å². The molecule has 0 unspecified atom stereocenters. The average Bonchev–Trinajstić information content (AvgIpc) is 2.62. The van der Waals surface area contributed by atoms with Crippen LogP contribution in [0.25, 0.3) is 0 Å². The molecule has 0 spiro atoms. The summed E-state index contributed by atoms with van der Waals surface area (Å²) in [5.74, 6) is -0.477. The van der Waals surface area contributed by atoms with Gasteiger partial charge in [0.1, 0.15) is 0 Å². The van der Waals surface area contributed by atoms with Crippen molar-refractivity contribution in [2.75, 3.05) is 10.0 Å². The second-order valence-corrected chi connectivity index (χ2v) is 7.81. The standard InChI is InChI=1S/C17H12Cl2N4O3S/c18-11-2-7-14(15(19)10-11)16(24)22-12-3-5-13(6-4-12)27(25,26)23-17-20-8-1-9-21-17/h1-10H,(H,22,24)(H,20,21,23). The topological polar surface area (TPSA) is 101 Å². The van der Waals surface area contributed by atoms with E-state index in [2.05, 4.69) is 20.0 Å². The minimum atomic E-state index is -3.85. The van der Waals surface area contributed by atoms with Crippen molar-refractivity contribution in [1.82, 2.24) is 9.97 Å². The quantitative estimate of drug-likeness (QED) is 0.650. The van der Waals surface area contributed by atoms with E-state index in [4.69, 9.17) is 23.2 Å². The third-order valence-corrected chi connectivity index (χ3v) is 5.28. The van der Waals surface area contributed by atoms with E-state index < -0.39 is 15.9 Å². The average molecular weight is 423 g/mol. The second-order valence-electron chi connectivity index (χ2n) is 5.28. The number of nitrogens with zero attached hydrogens (tertiary/aromatic N) is 2. The van der Waals surface area contributed by atoms with Gasteiger partial charge in [0.15, 0.2) is 0 Å². The highest BCUT2D eigenvalue weighted by atomic mass is 35.5. The molecule has 3 aromatic rings. The zero-order valence-corrected chi connectivity index (χ0v) is 15.9. The number of anilines is 2. The first kappa shape index (κ1) is 19.1. The number of aromatic nitrogens is 2. The largest absolute Gasteiger partial charge is 0.322 e. The van der Waals surface area contributed by atoms with Gasteiger partial charge >= 0.3 is 0 Å². The van der Waals surface area contributed by atoms with Gasteiger partial charge in [-0.1, -0.05) is 23.2 Å². The number of nitrogens with one attached hydrogen (secondary N) is 2. The number of sulfonamides is 1. The van der Waals surface area contributed by atoms with Crippen LogP contribution in [-0.2, 0) is 10.0 Å². The predicted octanol–water partition coefficient (Wildman–Crippen LogP) is 3.84. The molecule has 27 heavy (non-hydrogen) atoms. The van der Waals surface area contributed by atoms with Crippen molar-refractivity contribution in [2.45, 2.75) is 4.90 Å². The molecule has 7 nitrogen and oxygen atoms in total. The van der Waals surface area contributed by atoms with E-state index in [9.17, 15) is 13.2 Å². The minimum Gasteiger partial charge on any atom is -0.322 e. The summed E-state index contributed by atoms with van der Waals surface area (Å²) in [5.41, 5.74) is 0.654. The molecule has 138 valence electrons. The molecule has 1 aromatic heterocycles. The van der Waals surface area contributed by atoms with Crippen LogP contribution < -0.4 is 10.0 Å². The lowest BCUT2D eigenvalue weighted by Crippen LogP contribution is -2.15. The van der Waals surface area contributed by atoms with Gasteiger partial charge in [0.05, 0.1) is 15.5 Å². The first-order valence-corrected chi connectivity index (χ1v) is 9.75. The highest BCUT2D eigenvalue weighted by Gasteiger charge is 2.16. The van der Waals surface area contributed by atoms with Gasteiger partial charge in [-0.15, -0.1) is 0 Å². The Morgan fingerprint density at radius 2 is 1.63 bits per heavy atom. The number of halogens is 2. The van der Waals surface area contributed by atoms with Gasteiger partial charge in [0.2, 0.25) is 5.95 Å². The molecule has 0 atom stereocenters. The summed E-state index contributed by atoms with van der Waals surface area (Å²) < 4.78 is 26.9. The number of carbonyl (C=O) groups excluding carboxylic acids is 1. The van der Waals surface area contributed by atoms with Crippen LogP contribution in [0.5, 0.6) is 0 Å². The molecule has 10 heteroatoms. The van der Waals surface area contributed by atoms with Crippen LogP contribution in [0.2, 0.25) is 10.0 Å². The summed E-state index contributed by atoms with van der Waals surface area (Å²) in [6, 6.07) is 11.7. The molecule has 1 amide bonds. The second kappa shape index (κ2) is 7.91. The number of rotatable bonds is 5. The minimum absolute atomic E-state index is 0.00234. The fourth-order valence-corrected chi connectivity index (χ4v) is 3.57. The van der Waals surface area contributed by atoms with E-state index in [1.165, 1.54) is 48.8 Å².